The van der Waals surface area contributed by atoms with E-state index in [1.165, 1.54) is 30.7 Å². The van der Waals surface area contributed by atoms with Gasteiger partial charge in [0.25, 0.3) is 0 Å². The third kappa shape index (κ3) is 8.81. The topological polar surface area (TPSA) is 63.1 Å². The Hall–Kier alpha value is -4.44. The smallest absolute Gasteiger partial charge is 0.155 e. The molecule has 0 unspecified atom stereocenters. The molecule has 1 radical (unpaired) electrons. The van der Waals surface area contributed by atoms with E-state index in [9.17, 15) is 4.79 Å². The van der Waals surface area contributed by atoms with E-state index in [1.54, 1.807) is 0 Å². The van der Waals surface area contributed by atoms with E-state index in [0.29, 0.717) is 0 Å². The van der Waals surface area contributed by atoms with Crippen LogP contribution in [-0.2, 0) is 24.9 Å². The van der Waals surface area contributed by atoms with E-state index >= 15 is 0 Å². The van der Waals surface area contributed by atoms with Gasteiger partial charge in [-0.3, -0.25) is 14.8 Å². The fourth-order valence-corrected chi connectivity index (χ4v) is 3.83. The number of allylic oxidation sites excluding steroid dienone is 2. The molecule has 0 spiro atoms. The van der Waals surface area contributed by atoms with Gasteiger partial charge in [0, 0.05) is 26.2 Å². The van der Waals surface area contributed by atoms with Crippen LogP contribution in [0.15, 0.2) is 133 Å². The molecule has 2 heterocycles. The van der Waals surface area contributed by atoms with E-state index in [0.717, 1.165) is 33.5 Å². The molecule has 0 saturated carbocycles. The minimum Gasteiger partial charge on any atom is -0.512 e. The summed E-state index contributed by atoms with van der Waals surface area (Å²) >= 11 is 0. The summed E-state index contributed by atoms with van der Waals surface area (Å²) in [6, 6.07) is 46.7. The maximum Gasteiger partial charge on any atom is 0.155 e. The van der Waals surface area contributed by atoms with Gasteiger partial charge in [-0.15, -0.1) is 71.8 Å². The summed E-state index contributed by atoms with van der Waals surface area (Å²) in [7, 11) is 0. The second-order valence-electron chi connectivity index (χ2n) is 8.73. The van der Waals surface area contributed by atoms with Crippen molar-refractivity contribution in [3.63, 3.8) is 0 Å². The summed E-state index contributed by atoms with van der Waals surface area (Å²) in [6.07, 6.45) is 1.17. The van der Waals surface area contributed by atoms with Gasteiger partial charge >= 0.3 is 0 Å². The molecule has 0 saturated heterocycles. The molecule has 201 valence electrons. The van der Waals surface area contributed by atoms with Crippen LogP contribution in [0.1, 0.15) is 13.8 Å². The number of hydrogen-bond acceptors (Lipinski definition) is 4. The summed E-state index contributed by atoms with van der Waals surface area (Å²) in [6.45, 7) is 2.85. The largest absolute Gasteiger partial charge is 0.512 e. The van der Waals surface area contributed by atoms with E-state index in [1.807, 2.05) is 97.1 Å². The maximum absolute atomic E-state index is 10.0. The fraction of sp³-hybridized carbons (Fsp3) is 0.0571. The minimum absolute atomic E-state index is 0. The van der Waals surface area contributed by atoms with Crippen molar-refractivity contribution in [2.75, 3.05) is 0 Å². The van der Waals surface area contributed by atoms with Gasteiger partial charge in [0.1, 0.15) is 0 Å². The molecule has 4 nitrogen and oxygen atoms in total. The summed E-state index contributed by atoms with van der Waals surface area (Å²) in [4.78, 5) is 19.2. The first-order chi connectivity index (χ1) is 19.0. The third-order valence-electron chi connectivity index (χ3n) is 5.58. The summed E-state index contributed by atoms with van der Waals surface area (Å²) < 4.78 is 0. The van der Waals surface area contributed by atoms with Crippen molar-refractivity contribution in [2.24, 2.45) is 0 Å². The molecule has 0 aliphatic carbocycles. The van der Waals surface area contributed by atoms with Gasteiger partial charge in [-0.25, -0.2) is 0 Å². The standard InChI is InChI=1S/2C15H10N.C5H8O2.Ir/c2*1-2-6-12(7-3-1)15-11-10-13-8-4-5-9-14(13)16-15;1-4(6)3-5(2)7;/h2*1-6,8-11H;3,6H,1-2H3;/q2*-1;;/b;;4-3-;. The second-order valence-corrected chi connectivity index (χ2v) is 8.73. The molecule has 0 amide bonds. The number of para-hydroxylation sites is 2. The van der Waals surface area contributed by atoms with Gasteiger partial charge in [0.05, 0.1) is 16.8 Å². The normalized spacial score (nSPS) is 10.4. The SMILES string of the molecule is CC(=O)/C=C(/C)O.[Ir].[c-]1ccccc1-c1ccc2ccccc2n1.[c-]1ccccc1-c1ccc2ccccc2n1. The number of ketones is 1. The Bertz CT molecular complexity index is 1580. The minimum atomic E-state index is -0.125. The molecule has 0 aliphatic rings. The molecule has 4 aromatic carbocycles. The van der Waals surface area contributed by atoms with Crippen LogP contribution in [0.5, 0.6) is 0 Å². The van der Waals surface area contributed by atoms with Crippen LogP contribution < -0.4 is 0 Å². The Morgan fingerprint density at radius 1 is 0.625 bits per heavy atom. The molecule has 0 bridgehead atoms. The first-order valence-corrected chi connectivity index (χ1v) is 12.5. The average molecular weight is 701 g/mol. The fourth-order valence-electron chi connectivity index (χ4n) is 3.83. The van der Waals surface area contributed by atoms with Crippen molar-refractivity contribution in [1.29, 1.82) is 0 Å². The number of nitrogens with zero attached hydrogens (tertiary/aromatic N) is 2. The van der Waals surface area contributed by atoms with Crippen LogP contribution >= 0.6 is 0 Å². The van der Waals surface area contributed by atoms with Crippen LogP contribution in [0, 0.1) is 12.1 Å². The molecule has 5 heteroatoms. The van der Waals surface area contributed by atoms with Crippen molar-refractivity contribution in [2.45, 2.75) is 13.8 Å². The molecule has 6 rings (SSSR count). The van der Waals surface area contributed by atoms with Crippen molar-refractivity contribution in [3.05, 3.63) is 145 Å². The van der Waals surface area contributed by atoms with Gasteiger partial charge in [-0.2, -0.15) is 0 Å². The summed E-state index contributed by atoms with van der Waals surface area (Å²) in [5.74, 6) is -0.0625. The zero-order valence-corrected chi connectivity index (χ0v) is 24.6. The predicted molar refractivity (Wildman–Crippen MR) is 159 cm³/mol. The zero-order valence-electron chi connectivity index (χ0n) is 22.2. The quantitative estimate of drug-likeness (QED) is 0.114. The Morgan fingerprint density at radius 3 is 1.40 bits per heavy atom. The molecule has 6 aromatic rings. The van der Waals surface area contributed by atoms with Crippen molar-refractivity contribution >= 4 is 27.6 Å². The monoisotopic (exact) mass is 701 g/mol. The first-order valence-electron chi connectivity index (χ1n) is 12.5. The Balaban J connectivity index is 0.000000177. The summed E-state index contributed by atoms with van der Waals surface area (Å²) in [5, 5.41) is 10.7. The van der Waals surface area contributed by atoms with E-state index in [4.69, 9.17) is 5.11 Å². The van der Waals surface area contributed by atoms with Crippen LogP contribution in [-0.4, -0.2) is 20.9 Å². The molecule has 2 aromatic heterocycles. The van der Waals surface area contributed by atoms with Crippen LogP contribution in [0.4, 0.5) is 0 Å². The van der Waals surface area contributed by atoms with Gasteiger partial charge in [0.15, 0.2) is 5.78 Å². The molecule has 40 heavy (non-hydrogen) atoms. The number of pyridine rings is 2. The third-order valence-corrected chi connectivity index (χ3v) is 5.58. The first kappa shape index (κ1) is 30.1. The van der Waals surface area contributed by atoms with Crippen molar-refractivity contribution in [1.82, 2.24) is 9.97 Å². The van der Waals surface area contributed by atoms with Crippen LogP contribution in [0.25, 0.3) is 44.3 Å². The van der Waals surface area contributed by atoms with E-state index < -0.39 is 0 Å². The second kappa shape index (κ2) is 15.2. The number of aliphatic hydroxyl groups excluding tert-OH is 1. The Kier molecular flexibility index (Phi) is 11.5. The van der Waals surface area contributed by atoms with Crippen LogP contribution in [0.3, 0.4) is 0 Å². The number of hydrogen-bond donors (Lipinski definition) is 1. The molecular formula is C35H28IrN2O2-2. The van der Waals surface area contributed by atoms with Gasteiger partial charge in [-0.1, -0.05) is 60.7 Å². The average Bonchev–Trinajstić information content (AvgIpc) is 2.97. The number of fused-ring (bicyclic) bond motifs is 2. The number of aromatic nitrogens is 2. The summed E-state index contributed by atoms with van der Waals surface area (Å²) in [5.41, 5.74) is 6.06. The van der Waals surface area contributed by atoms with Gasteiger partial charge in [-0.05, 0) is 48.1 Å². The number of carbonyl (C=O) groups is 1. The molecule has 1 N–H and O–H groups in total. The van der Waals surface area contributed by atoms with E-state index in [-0.39, 0.29) is 31.6 Å². The van der Waals surface area contributed by atoms with Crippen LogP contribution in [0.2, 0.25) is 0 Å². The molecular weight excluding hydrogens is 673 g/mol. The number of carbonyl (C=O) groups excluding carboxylic acids is 1. The molecule has 0 aliphatic heterocycles. The van der Waals surface area contributed by atoms with Crippen molar-refractivity contribution in [3.8, 4) is 22.5 Å². The zero-order chi connectivity index (χ0) is 27.5. The number of aliphatic hydroxyl groups is 1. The molecule has 0 atom stereocenters. The van der Waals surface area contributed by atoms with Gasteiger partial charge in [0.2, 0.25) is 0 Å². The Labute approximate surface area is 248 Å². The predicted octanol–water partition coefficient (Wildman–Crippen LogP) is 8.44. The maximum atomic E-state index is 10.0. The van der Waals surface area contributed by atoms with Crippen molar-refractivity contribution < 1.29 is 30.0 Å². The number of rotatable bonds is 3. The number of benzene rings is 4. The van der Waals surface area contributed by atoms with E-state index in [2.05, 4.69) is 46.4 Å². The Morgan fingerprint density at radius 2 is 1.05 bits per heavy atom. The van der Waals surface area contributed by atoms with Gasteiger partial charge < -0.3 is 5.11 Å². The molecule has 0 fully saturated rings.